The maximum atomic E-state index is 12.2. The highest BCUT2D eigenvalue weighted by molar-refractivity contribution is 5.83. The number of hydrogen-bond acceptors (Lipinski definition) is 5. The summed E-state index contributed by atoms with van der Waals surface area (Å²) in [5, 5.41) is 9.68. The Labute approximate surface area is 144 Å². The number of likely N-dealkylation sites (tertiary alicyclic amines) is 1. The Morgan fingerprint density at radius 3 is 2.62 bits per heavy atom. The minimum atomic E-state index is -0.545. The van der Waals surface area contributed by atoms with Gasteiger partial charge in [0, 0.05) is 26.2 Å². The monoisotopic (exact) mass is 341 g/mol. The molecule has 1 atom stereocenters. The van der Waals surface area contributed by atoms with Gasteiger partial charge in [-0.15, -0.1) is 0 Å². The molecule has 7 heteroatoms. The average molecular weight is 341 g/mol. The highest BCUT2D eigenvalue weighted by Crippen LogP contribution is 2.13. The normalized spacial score (nSPS) is 23.5. The van der Waals surface area contributed by atoms with E-state index in [-0.39, 0.29) is 18.6 Å². The van der Waals surface area contributed by atoms with E-state index in [0.29, 0.717) is 19.6 Å². The molecule has 0 aromatic rings. The van der Waals surface area contributed by atoms with Gasteiger partial charge >= 0.3 is 6.09 Å². The number of β-amino-alcohol motifs (C(OH)–C–C–N with tert-alkyl or cyclic N) is 1. The Bertz CT molecular complexity index is 450. The average Bonchev–Trinajstić information content (AvgIpc) is 2.47. The molecule has 1 N–H and O–H groups in total. The lowest BCUT2D eigenvalue weighted by Gasteiger charge is -2.36. The van der Waals surface area contributed by atoms with E-state index in [4.69, 9.17) is 4.74 Å². The van der Waals surface area contributed by atoms with Gasteiger partial charge in [0.25, 0.3) is 0 Å². The number of amides is 2. The number of nitrogens with zero attached hydrogens (tertiary/aromatic N) is 3. The van der Waals surface area contributed by atoms with Crippen molar-refractivity contribution in [2.75, 3.05) is 45.8 Å². The minimum absolute atomic E-state index is 0.0224. The van der Waals surface area contributed by atoms with E-state index in [9.17, 15) is 14.7 Å². The lowest BCUT2D eigenvalue weighted by Crippen LogP contribution is -2.53. The van der Waals surface area contributed by atoms with Crippen molar-refractivity contribution in [3.63, 3.8) is 0 Å². The Morgan fingerprint density at radius 2 is 2.00 bits per heavy atom. The SMILES string of the molecule is CC(C)(C)OC(=O)N1CCN(CCCN2CCCC(O)C2)C(=O)C1. The van der Waals surface area contributed by atoms with Crippen molar-refractivity contribution >= 4 is 12.0 Å². The number of aliphatic hydroxyl groups is 1. The smallest absolute Gasteiger partial charge is 0.410 e. The lowest BCUT2D eigenvalue weighted by atomic mass is 10.1. The third-order valence-corrected chi connectivity index (χ3v) is 4.35. The fourth-order valence-corrected chi connectivity index (χ4v) is 3.15. The van der Waals surface area contributed by atoms with Gasteiger partial charge in [-0.3, -0.25) is 9.69 Å². The second kappa shape index (κ2) is 8.16. The third kappa shape index (κ3) is 5.94. The zero-order chi connectivity index (χ0) is 17.7. The molecule has 0 radical (unpaired) electrons. The quantitative estimate of drug-likeness (QED) is 0.823. The molecule has 2 aliphatic heterocycles. The van der Waals surface area contributed by atoms with Crippen LogP contribution in [0.25, 0.3) is 0 Å². The van der Waals surface area contributed by atoms with Crippen LogP contribution >= 0.6 is 0 Å². The first-order valence-corrected chi connectivity index (χ1v) is 8.91. The number of aliphatic hydroxyl groups excluding tert-OH is 1. The van der Waals surface area contributed by atoms with Crippen LogP contribution in [0, 0.1) is 0 Å². The van der Waals surface area contributed by atoms with Crippen molar-refractivity contribution in [3.8, 4) is 0 Å². The van der Waals surface area contributed by atoms with E-state index in [1.807, 2.05) is 25.7 Å². The number of carbonyl (C=O) groups is 2. The van der Waals surface area contributed by atoms with Gasteiger partial charge in [-0.1, -0.05) is 0 Å². The maximum Gasteiger partial charge on any atom is 0.410 e. The van der Waals surface area contributed by atoms with Crippen LogP contribution in [-0.2, 0) is 9.53 Å². The van der Waals surface area contributed by atoms with Crippen molar-refractivity contribution in [1.82, 2.24) is 14.7 Å². The summed E-state index contributed by atoms with van der Waals surface area (Å²) in [6.07, 6.45) is 2.19. The molecule has 2 saturated heterocycles. The molecule has 138 valence electrons. The number of rotatable bonds is 4. The molecule has 24 heavy (non-hydrogen) atoms. The first kappa shape index (κ1) is 19.0. The molecular weight excluding hydrogens is 310 g/mol. The summed E-state index contributed by atoms with van der Waals surface area (Å²) in [5.74, 6) is -0.0224. The first-order chi connectivity index (χ1) is 11.2. The van der Waals surface area contributed by atoms with Crippen molar-refractivity contribution < 1.29 is 19.4 Å². The van der Waals surface area contributed by atoms with Crippen LogP contribution in [0.2, 0.25) is 0 Å². The Kier molecular flexibility index (Phi) is 6.46. The van der Waals surface area contributed by atoms with Crippen LogP contribution in [-0.4, -0.2) is 89.3 Å². The highest BCUT2D eigenvalue weighted by Gasteiger charge is 2.30. The van der Waals surface area contributed by atoms with Gasteiger partial charge in [0.05, 0.1) is 6.10 Å². The molecule has 2 amide bonds. The fraction of sp³-hybridized carbons (Fsp3) is 0.882. The van der Waals surface area contributed by atoms with Crippen molar-refractivity contribution in [3.05, 3.63) is 0 Å². The van der Waals surface area contributed by atoms with Gasteiger partial charge < -0.3 is 19.6 Å². The molecule has 2 fully saturated rings. The Morgan fingerprint density at radius 1 is 1.25 bits per heavy atom. The van der Waals surface area contributed by atoms with Crippen molar-refractivity contribution in [1.29, 1.82) is 0 Å². The lowest BCUT2D eigenvalue weighted by molar-refractivity contribution is -0.136. The van der Waals surface area contributed by atoms with Gasteiger partial charge in [-0.25, -0.2) is 4.79 Å². The highest BCUT2D eigenvalue weighted by atomic mass is 16.6. The summed E-state index contributed by atoms with van der Waals surface area (Å²) in [6.45, 7) is 9.99. The van der Waals surface area contributed by atoms with Crippen LogP contribution in [0.1, 0.15) is 40.0 Å². The molecule has 1 unspecified atom stereocenters. The second-order valence-electron chi connectivity index (χ2n) is 7.73. The zero-order valence-electron chi connectivity index (χ0n) is 15.2. The van der Waals surface area contributed by atoms with E-state index < -0.39 is 11.7 Å². The van der Waals surface area contributed by atoms with Crippen molar-refractivity contribution in [2.24, 2.45) is 0 Å². The van der Waals surface area contributed by atoms with Gasteiger partial charge in [-0.2, -0.15) is 0 Å². The fourth-order valence-electron chi connectivity index (χ4n) is 3.15. The number of carbonyl (C=O) groups excluding carboxylic acids is 2. The maximum absolute atomic E-state index is 12.2. The number of piperidine rings is 1. The van der Waals surface area contributed by atoms with Crippen LogP contribution in [0.15, 0.2) is 0 Å². The molecule has 0 aromatic heterocycles. The Balaban J connectivity index is 1.69. The van der Waals surface area contributed by atoms with Gasteiger partial charge in [-0.05, 0) is 53.1 Å². The van der Waals surface area contributed by atoms with E-state index in [1.54, 1.807) is 0 Å². The summed E-state index contributed by atoms with van der Waals surface area (Å²) >= 11 is 0. The summed E-state index contributed by atoms with van der Waals surface area (Å²) in [7, 11) is 0. The topological polar surface area (TPSA) is 73.3 Å². The molecule has 7 nitrogen and oxygen atoms in total. The molecule has 2 heterocycles. The van der Waals surface area contributed by atoms with E-state index >= 15 is 0 Å². The van der Waals surface area contributed by atoms with E-state index in [1.165, 1.54) is 4.90 Å². The molecule has 2 rings (SSSR count). The molecule has 2 aliphatic rings. The largest absolute Gasteiger partial charge is 0.444 e. The van der Waals surface area contributed by atoms with Crippen LogP contribution < -0.4 is 0 Å². The van der Waals surface area contributed by atoms with Crippen LogP contribution in [0.5, 0.6) is 0 Å². The molecule has 0 bridgehead atoms. The molecular formula is C17H31N3O4. The molecule has 0 aromatic carbocycles. The van der Waals surface area contributed by atoms with Crippen molar-refractivity contribution in [2.45, 2.75) is 51.7 Å². The van der Waals surface area contributed by atoms with Gasteiger partial charge in [0.2, 0.25) is 5.91 Å². The predicted molar refractivity (Wildman–Crippen MR) is 90.7 cm³/mol. The zero-order valence-corrected chi connectivity index (χ0v) is 15.2. The van der Waals surface area contributed by atoms with Crippen LogP contribution in [0.3, 0.4) is 0 Å². The molecule has 0 saturated carbocycles. The number of ether oxygens (including phenoxy) is 1. The van der Waals surface area contributed by atoms with Gasteiger partial charge in [0.15, 0.2) is 0 Å². The van der Waals surface area contributed by atoms with E-state index in [2.05, 4.69) is 4.90 Å². The summed E-state index contributed by atoms with van der Waals surface area (Å²) in [5.41, 5.74) is -0.545. The predicted octanol–water partition coefficient (Wildman–Crippen LogP) is 0.912. The first-order valence-electron chi connectivity index (χ1n) is 8.91. The summed E-state index contributed by atoms with van der Waals surface area (Å²) in [4.78, 5) is 29.8. The van der Waals surface area contributed by atoms with Crippen LogP contribution in [0.4, 0.5) is 4.79 Å². The number of piperazine rings is 1. The third-order valence-electron chi connectivity index (χ3n) is 4.35. The van der Waals surface area contributed by atoms with E-state index in [0.717, 1.165) is 38.9 Å². The second-order valence-corrected chi connectivity index (χ2v) is 7.73. The Hall–Kier alpha value is -1.34. The number of hydrogen-bond donors (Lipinski definition) is 1. The summed E-state index contributed by atoms with van der Waals surface area (Å²) < 4.78 is 5.32. The minimum Gasteiger partial charge on any atom is -0.444 e. The summed E-state index contributed by atoms with van der Waals surface area (Å²) in [6, 6.07) is 0. The standard InChI is InChI=1S/C17H31N3O4/c1-17(2,3)24-16(23)20-11-10-19(15(22)13-20)9-5-8-18-7-4-6-14(21)12-18/h14,21H,4-13H2,1-3H3. The molecule has 0 spiro atoms. The molecule has 0 aliphatic carbocycles. The van der Waals surface area contributed by atoms with Gasteiger partial charge in [0.1, 0.15) is 12.1 Å².